The van der Waals surface area contributed by atoms with Crippen molar-refractivity contribution in [1.82, 2.24) is 0 Å². The molecule has 0 saturated heterocycles. The Morgan fingerprint density at radius 2 is 0.567 bits per heavy atom. The molecule has 0 amide bonds. The Balaban J connectivity index is -0.0000000595. The maximum Gasteiger partial charge on any atom is 3.00 e. The predicted octanol–water partition coefficient (Wildman–Crippen LogP) is 7.63. The molecule has 0 aromatic rings. The van der Waals surface area contributed by atoms with Gasteiger partial charge in [0.1, 0.15) is 0 Å². The van der Waals surface area contributed by atoms with Crippen LogP contribution in [0.25, 0.3) is 0 Å². The van der Waals surface area contributed by atoms with Gasteiger partial charge < -0.3 is 51.8 Å². The first-order valence-corrected chi connectivity index (χ1v) is 7.37. The van der Waals surface area contributed by atoms with Crippen LogP contribution in [-0.4, -0.2) is 21.8 Å². The summed E-state index contributed by atoms with van der Waals surface area (Å²) in [4.78, 5) is 0. The van der Waals surface area contributed by atoms with Crippen LogP contribution < -0.4 is 0 Å². The summed E-state index contributed by atoms with van der Waals surface area (Å²) in [6.45, 7) is 2.86. The van der Waals surface area contributed by atoms with Gasteiger partial charge in [0.2, 0.25) is 0 Å². The SMILES string of the molecule is C1=CCC/C=C\CC1.CC#N.CC#N.F[B-](F)(F)F.F[B-](F)(F)F.F[B-](F)(F)F.[Rh+3]. The summed E-state index contributed by atoms with van der Waals surface area (Å²) in [6.07, 6.45) is 14.0. The van der Waals surface area contributed by atoms with Crippen molar-refractivity contribution in [3.05, 3.63) is 24.3 Å². The maximum atomic E-state index is 9.75. The summed E-state index contributed by atoms with van der Waals surface area (Å²) in [5, 5.41) is 14.6. The van der Waals surface area contributed by atoms with Crippen molar-refractivity contribution in [3.63, 3.8) is 0 Å². The second-order valence-electron chi connectivity index (χ2n) is 4.03. The molecule has 0 radical (unpaired) electrons. The molecule has 178 valence electrons. The van der Waals surface area contributed by atoms with Crippen molar-refractivity contribution in [3.8, 4) is 12.1 Å². The zero-order chi connectivity index (χ0) is 24.6. The van der Waals surface area contributed by atoms with Gasteiger partial charge in [-0.2, -0.15) is 10.5 Å². The second-order valence-corrected chi connectivity index (χ2v) is 4.03. The van der Waals surface area contributed by atoms with E-state index in [1.165, 1.54) is 39.5 Å². The van der Waals surface area contributed by atoms with Crippen molar-refractivity contribution >= 4 is 21.8 Å². The first-order valence-electron chi connectivity index (χ1n) is 7.37. The average Bonchev–Trinajstić information content (AvgIpc) is 2.32. The molecule has 0 spiro atoms. The number of nitriles is 2. The Morgan fingerprint density at radius 3 is 0.633 bits per heavy atom. The Morgan fingerprint density at radius 1 is 0.500 bits per heavy atom. The molecule has 0 aromatic carbocycles. The van der Waals surface area contributed by atoms with E-state index in [-0.39, 0.29) is 19.5 Å². The van der Waals surface area contributed by atoms with Gasteiger partial charge in [-0.25, -0.2) is 0 Å². The Kier molecular flexibility index (Phi) is 38.9. The van der Waals surface area contributed by atoms with E-state index in [2.05, 4.69) is 24.3 Å². The van der Waals surface area contributed by atoms with Gasteiger partial charge in [0.05, 0.1) is 12.1 Å². The van der Waals surface area contributed by atoms with Crippen LogP contribution in [0.15, 0.2) is 24.3 Å². The zero-order valence-electron chi connectivity index (χ0n) is 15.6. The Hall–Kier alpha value is -1.56. The number of allylic oxidation sites excluding steroid dienone is 4. The molecule has 0 unspecified atom stereocenters. The minimum atomic E-state index is -6.00. The van der Waals surface area contributed by atoms with E-state index >= 15 is 0 Å². The summed E-state index contributed by atoms with van der Waals surface area (Å²) in [5.74, 6) is 0. The van der Waals surface area contributed by atoms with Gasteiger partial charge in [0.15, 0.2) is 0 Å². The van der Waals surface area contributed by atoms with E-state index in [1.54, 1.807) is 12.1 Å². The zero-order valence-corrected chi connectivity index (χ0v) is 17.3. The van der Waals surface area contributed by atoms with Gasteiger partial charge in [-0.15, -0.1) is 0 Å². The number of hydrogen-bond donors (Lipinski definition) is 0. The fourth-order valence-electron chi connectivity index (χ4n) is 0.856. The van der Waals surface area contributed by atoms with Crippen LogP contribution in [0.3, 0.4) is 0 Å². The Bertz CT molecular complexity index is 395. The summed E-state index contributed by atoms with van der Waals surface area (Å²) in [5.41, 5.74) is 0. The van der Waals surface area contributed by atoms with E-state index in [9.17, 15) is 51.8 Å². The molecule has 30 heavy (non-hydrogen) atoms. The van der Waals surface area contributed by atoms with Crippen LogP contribution in [0.4, 0.5) is 51.8 Å². The average molecular weight is 554 g/mol. The second kappa shape index (κ2) is 27.4. The number of halogens is 12. The molecule has 0 aliphatic heterocycles. The molecule has 1 aliphatic carbocycles. The third kappa shape index (κ3) is 413. The fourth-order valence-corrected chi connectivity index (χ4v) is 0.856. The topological polar surface area (TPSA) is 47.6 Å². The molecule has 2 nitrogen and oxygen atoms in total. The minimum absolute atomic E-state index is 0. The van der Waals surface area contributed by atoms with Crippen LogP contribution in [0.1, 0.15) is 39.5 Å². The maximum absolute atomic E-state index is 9.75. The van der Waals surface area contributed by atoms with E-state index in [4.69, 9.17) is 10.5 Å². The van der Waals surface area contributed by atoms with Crippen molar-refractivity contribution < 1.29 is 71.3 Å². The molecule has 1 rings (SSSR count). The van der Waals surface area contributed by atoms with Gasteiger partial charge in [0.25, 0.3) is 0 Å². The van der Waals surface area contributed by atoms with Crippen molar-refractivity contribution in [1.29, 1.82) is 10.5 Å². The summed E-state index contributed by atoms with van der Waals surface area (Å²) in [6, 6.07) is 3.50. The summed E-state index contributed by atoms with van der Waals surface area (Å²) < 4.78 is 117. The molecule has 0 fully saturated rings. The van der Waals surface area contributed by atoms with Gasteiger partial charge in [0, 0.05) is 13.8 Å². The molecule has 0 atom stereocenters. The monoisotopic (exact) mass is 554 g/mol. The first-order chi connectivity index (χ1) is 12.8. The van der Waals surface area contributed by atoms with Gasteiger partial charge in [-0.05, 0) is 25.7 Å². The number of nitrogens with zero attached hydrogens (tertiary/aromatic N) is 2. The van der Waals surface area contributed by atoms with Gasteiger partial charge in [-0.1, -0.05) is 24.3 Å². The van der Waals surface area contributed by atoms with Crippen molar-refractivity contribution in [2.75, 3.05) is 0 Å². The molecular formula is C12H18B3F12N2Rh. The van der Waals surface area contributed by atoms with Crippen LogP contribution in [0, 0.1) is 22.7 Å². The van der Waals surface area contributed by atoms with E-state index in [0.717, 1.165) is 0 Å². The molecule has 0 heterocycles. The van der Waals surface area contributed by atoms with Crippen LogP contribution in [0.2, 0.25) is 0 Å². The number of rotatable bonds is 0. The molecule has 0 N–H and O–H groups in total. The molecule has 18 heteroatoms. The molecule has 0 bridgehead atoms. The largest absolute Gasteiger partial charge is 3.00 e. The van der Waals surface area contributed by atoms with Gasteiger partial charge in [-0.3, -0.25) is 0 Å². The summed E-state index contributed by atoms with van der Waals surface area (Å²) in [7, 11) is -18.0. The Labute approximate surface area is 180 Å². The molecule has 0 saturated carbocycles. The van der Waals surface area contributed by atoms with Crippen molar-refractivity contribution in [2.45, 2.75) is 39.5 Å². The summed E-state index contributed by atoms with van der Waals surface area (Å²) >= 11 is 0. The quantitative estimate of drug-likeness (QED) is 0.176. The standard InChI is InChI=1S/C8H12.2C2H3N.3BF4.Rh/c1-2-4-6-8-7-5-3-1;2*1-2-3;3*2-1(3,4)5;/h1-2,7-8H,3-6H2;2*1H3;;;;/q;;;3*-1;+3/b2-1-,8-7?;;;;;;. The van der Waals surface area contributed by atoms with Crippen LogP contribution >= 0.6 is 0 Å². The third-order valence-electron chi connectivity index (χ3n) is 1.33. The van der Waals surface area contributed by atoms with E-state index < -0.39 is 21.8 Å². The fraction of sp³-hybridized carbons (Fsp3) is 0.500. The number of hydrogen-bond acceptors (Lipinski definition) is 2. The van der Waals surface area contributed by atoms with E-state index in [0.29, 0.717) is 0 Å². The van der Waals surface area contributed by atoms with Crippen LogP contribution in [0.5, 0.6) is 0 Å². The normalized spacial score (nSPS) is 12.9. The predicted molar refractivity (Wildman–Crippen MR) is 89.9 cm³/mol. The van der Waals surface area contributed by atoms with Crippen molar-refractivity contribution in [2.24, 2.45) is 0 Å². The molecule has 0 aromatic heterocycles. The van der Waals surface area contributed by atoms with Gasteiger partial charge >= 0.3 is 41.2 Å². The smallest absolute Gasteiger partial charge is 0.418 e. The third-order valence-corrected chi connectivity index (χ3v) is 1.33. The van der Waals surface area contributed by atoms with Crippen LogP contribution in [-0.2, 0) is 19.5 Å². The molecular weight excluding hydrogens is 535 g/mol. The molecule has 1 aliphatic rings. The van der Waals surface area contributed by atoms with E-state index in [1.807, 2.05) is 0 Å². The first kappa shape index (κ1) is 42.5. The minimum Gasteiger partial charge on any atom is -0.418 e.